The summed E-state index contributed by atoms with van der Waals surface area (Å²) in [7, 11) is -4.21. The number of anilines is 1. The third-order valence-corrected chi connectivity index (χ3v) is 9.09. The van der Waals surface area contributed by atoms with Crippen molar-refractivity contribution in [2.45, 2.75) is 71.0 Å². The molecule has 0 saturated carbocycles. The van der Waals surface area contributed by atoms with Crippen LogP contribution in [0.3, 0.4) is 0 Å². The molecule has 3 aromatic carbocycles. The van der Waals surface area contributed by atoms with Gasteiger partial charge < -0.3 is 10.2 Å². The third-order valence-electron chi connectivity index (χ3n) is 6.57. The molecule has 1 atom stereocenters. The van der Waals surface area contributed by atoms with Crippen LogP contribution >= 0.6 is 23.2 Å². The van der Waals surface area contributed by atoms with Crippen LogP contribution in [0.4, 0.5) is 5.69 Å². The van der Waals surface area contributed by atoms with E-state index in [1.54, 1.807) is 12.1 Å². The maximum atomic E-state index is 14.2. The molecule has 1 N–H and O–H groups in total. The summed E-state index contributed by atoms with van der Waals surface area (Å²) in [5.74, 6) is -0.852. The molecule has 10 heteroatoms. The van der Waals surface area contributed by atoms with E-state index in [1.165, 1.54) is 35.2 Å². The van der Waals surface area contributed by atoms with Crippen LogP contribution in [-0.2, 0) is 26.2 Å². The van der Waals surface area contributed by atoms with E-state index in [9.17, 15) is 18.0 Å². The number of carbonyl (C=O) groups is 2. The molecule has 0 saturated heterocycles. The fraction of sp³-hybridized carbons (Fsp3) is 0.355. The Morgan fingerprint density at radius 3 is 2.12 bits per heavy atom. The van der Waals surface area contributed by atoms with Crippen molar-refractivity contribution in [2.24, 2.45) is 0 Å². The minimum Gasteiger partial charge on any atom is -0.350 e. The van der Waals surface area contributed by atoms with Crippen molar-refractivity contribution in [3.63, 3.8) is 0 Å². The summed E-state index contributed by atoms with van der Waals surface area (Å²) in [6, 6.07) is 17.5. The fourth-order valence-electron chi connectivity index (χ4n) is 4.35. The van der Waals surface area contributed by atoms with Gasteiger partial charge in [-0.05, 0) is 82.5 Å². The van der Waals surface area contributed by atoms with Gasteiger partial charge in [0.15, 0.2) is 0 Å². The van der Waals surface area contributed by atoms with E-state index in [-0.39, 0.29) is 33.1 Å². The Bertz CT molecular complexity index is 1500. The van der Waals surface area contributed by atoms with E-state index in [0.29, 0.717) is 6.42 Å². The van der Waals surface area contributed by atoms with Gasteiger partial charge in [-0.25, -0.2) is 8.42 Å². The zero-order chi connectivity index (χ0) is 30.5. The van der Waals surface area contributed by atoms with Crippen LogP contribution in [0.15, 0.2) is 71.6 Å². The molecular weight excluding hydrogens is 581 g/mol. The van der Waals surface area contributed by atoms with Crippen LogP contribution in [0.25, 0.3) is 0 Å². The van der Waals surface area contributed by atoms with Crippen LogP contribution in [0.5, 0.6) is 0 Å². The van der Waals surface area contributed by atoms with Crippen LogP contribution < -0.4 is 9.62 Å². The summed E-state index contributed by atoms with van der Waals surface area (Å²) in [6.45, 7) is 10.8. The Morgan fingerprint density at radius 1 is 0.927 bits per heavy atom. The fourth-order valence-corrected chi connectivity index (χ4v) is 6.05. The summed E-state index contributed by atoms with van der Waals surface area (Å²) < 4.78 is 29.0. The molecule has 0 spiro atoms. The predicted octanol–water partition coefficient (Wildman–Crippen LogP) is 6.53. The summed E-state index contributed by atoms with van der Waals surface area (Å²) in [5, 5.41) is 3.37. The minimum atomic E-state index is -4.21. The first-order chi connectivity index (χ1) is 19.1. The molecule has 0 aliphatic rings. The first-order valence-electron chi connectivity index (χ1n) is 13.3. The Hall–Kier alpha value is -3.07. The summed E-state index contributed by atoms with van der Waals surface area (Å²) >= 11 is 12.4. The molecule has 3 aromatic rings. The van der Waals surface area contributed by atoms with Crippen LogP contribution in [-0.4, -0.2) is 43.3 Å². The molecule has 2 amide bonds. The van der Waals surface area contributed by atoms with E-state index in [4.69, 9.17) is 23.2 Å². The topological polar surface area (TPSA) is 86.8 Å². The number of carbonyl (C=O) groups excluding carboxylic acids is 2. The van der Waals surface area contributed by atoms with Gasteiger partial charge in [-0.1, -0.05) is 72.1 Å². The normalized spacial score (nSPS) is 12.5. The molecule has 0 aliphatic heterocycles. The highest BCUT2D eigenvalue weighted by Crippen LogP contribution is 2.31. The maximum Gasteiger partial charge on any atom is 0.264 e. The largest absolute Gasteiger partial charge is 0.350 e. The van der Waals surface area contributed by atoms with Crippen LogP contribution in [0, 0.1) is 13.8 Å². The number of rotatable bonds is 10. The molecule has 41 heavy (non-hydrogen) atoms. The highest BCUT2D eigenvalue weighted by Gasteiger charge is 2.35. The maximum absolute atomic E-state index is 14.2. The SMILES string of the molecule is CC[C@@H](C(=O)NC(C)(C)C)N(Cc1ccccc1C)C(=O)CN(c1ccc(Cl)c(Cl)c1)S(=O)(=O)c1ccc(C)cc1. The number of hydrogen-bond acceptors (Lipinski definition) is 4. The summed E-state index contributed by atoms with van der Waals surface area (Å²) in [4.78, 5) is 29.1. The van der Waals surface area contributed by atoms with E-state index in [0.717, 1.165) is 21.0 Å². The lowest BCUT2D eigenvalue weighted by Crippen LogP contribution is -2.55. The van der Waals surface area contributed by atoms with E-state index in [2.05, 4.69) is 5.32 Å². The number of benzene rings is 3. The predicted molar refractivity (Wildman–Crippen MR) is 166 cm³/mol. The van der Waals surface area contributed by atoms with Crippen molar-refractivity contribution >= 4 is 50.7 Å². The average Bonchev–Trinajstić information content (AvgIpc) is 2.89. The zero-order valence-corrected chi connectivity index (χ0v) is 26.6. The smallest absolute Gasteiger partial charge is 0.264 e. The standard InChI is InChI=1S/C31H37Cl2N3O4S/c1-7-28(30(38)34-31(4,5)6)35(19-23-11-9-8-10-22(23)3)29(37)20-36(24-14-17-26(32)27(33)18-24)41(39,40)25-15-12-21(2)13-16-25/h8-18,28H,7,19-20H2,1-6H3,(H,34,38)/t28-/m0/s1. The lowest BCUT2D eigenvalue weighted by Gasteiger charge is -2.35. The van der Waals surface area contributed by atoms with E-state index < -0.39 is 34.1 Å². The molecule has 0 unspecified atom stereocenters. The molecular formula is C31H37Cl2N3O4S. The lowest BCUT2D eigenvalue weighted by molar-refractivity contribution is -0.141. The lowest BCUT2D eigenvalue weighted by atomic mass is 10.0. The second-order valence-corrected chi connectivity index (χ2v) is 13.7. The van der Waals surface area contributed by atoms with Crippen LogP contribution in [0.1, 0.15) is 50.8 Å². The van der Waals surface area contributed by atoms with Crippen molar-refractivity contribution in [1.82, 2.24) is 10.2 Å². The van der Waals surface area contributed by atoms with Crippen LogP contribution in [0.2, 0.25) is 10.0 Å². The van der Waals surface area contributed by atoms with Crippen molar-refractivity contribution < 1.29 is 18.0 Å². The van der Waals surface area contributed by atoms with Gasteiger partial charge in [0.25, 0.3) is 10.0 Å². The van der Waals surface area contributed by atoms with Crippen molar-refractivity contribution in [2.75, 3.05) is 10.8 Å². The highest BCUT2D eigenvalue weighted by atomic mass is 35.5. The Labute approximate surface area is 253 Å². The molecule has 3 rings (SSSR count). The quantitative estimate of drug-likeness (QED) is 0.280. The molecule has 0 heterocycles. The third kappa shape index (κ3) is 8.24. The number of nitrogens with one attached hydrogen (secondary N) is 1. The van der Waals surface area contributed by atoms with Crippen molar-refractivity contribution in [3.8, 4) is 0 Å². The highest BCUT2D eigenvalue weighted by molar-refractivity contribution is 7.92. The van der Waals surface area contributed by atoms with Gasteiger partial charge in [0.05, 0.1) is 20.6 Å². The van der Waals surface area contributed by atoms with Gasteiger partial charge in [0.1, 0.15) is 12.6 Å². The number of hydrogen-bond donors (Lipinski definition) is 1. The van der Waals surface area contributed by atoms with Gasteiger partial charge in [0, 0.05) is 12.1 Å². The summed E-state index contributed by atoms with van der Waals surface area (Å²) in [5.41, 5.74) is 2.34. The average molecular weight is 619 g/mol. The Balaban J connectivity index is 2.11. The van der Waals surface area contributed by atoms with Crippen molar-refractivity contribution in [3.05, 3.63) is 93.5 Å². The molecule has 0 aliphatic carbocycles. The van der Waals surface area contributed by atoms with Gasteiger partial charge >= 0.3 is 0 Å². The number of aryl methyl sites for hydroxylation is 2. The molecule has 7 nitrogen and oxygen atoms in total. The molecule has 0 aromatic heterocycles. The Kier molecular flexibility index (Phi) is 10.5. The van der Waals surface area contributed by atoms with Gasteiger partial charge in [-0.15, -0.1) is 0 Å². The summed E-state index contributed by atoms with van der Waals surface area (Å²) in [6.07, 6.45) is 0.330. The zero-order valence-electron chi connectivity index (χ0n) is 24.2. The monoisotopic (exact) mass is 617 g/mol. The van der Waals surface area contributed by atoms with Gasteiger partial charge in [0.2, 0.25) is 11.8 Å². The minimum absolute atomic E-state index is 0.0185. The number of sulfonamides is 1. The van der Waals surface area contributed by atoms with E-state index in [1.807, 2.05) is 65.8 Å². The second-order valence-electron chi connectivity index (χ2n) is 11.0. The van der Waals surface area contributed by atoms with Crippen molar-refractivity contribution in [1.29, 1.82) is 0 Å². The number of nitrogens with zero attached hydrogens (tertiary/aromatic N) is 2. The van der Waals surface area contributed by atoms with Gasteiger partial charge in [-0.2, -0.15) is 0 Å². The molecule has 0 bridgehead atoms. The van der Waals surface area contributed by atoms with E-state index >= 15 is 0 Å². The van der Waals surface area contributed by atoms with Gasteiger partial charge in [-0.3, -0.25) is 13.9 Å². The second kappa shape index (κ2) is 13.3. The number of amides is 2. The first kappa shape index (κ1) is 32.4. The first-order valence-corrected chi connectivity index (χ1v) is 15.5. The molecule has 0 radical (unpaired) electrons. The Morgan fingerprint density at radius 2 is 1.56 bits per heavy atom. The molecule has 220 valence electrons. The molecule has 0 fully saturated rings. The number of halogens is 2.